The first-order valence-electron chi connectivity index (χ1n) is 3.76. The molecule has 1 aliphatic rings. The van der Waals surface area contributed by atoms with Crippen molar-refractivity contribution < 1.29 is 31.8 Å². The Morgan fingerprint density at radius 3 is 1.79 bits per heavy atom. The zero-order chi connectivity index (χ0) is 11.4. The van der Waals surface area contributed by atoms with Gasteiger partial charge in [-0.1, -0.05) is 13.8 Å². The second kappa shape index (κ2) is 2.57. The quantitative estimate of drug-likeness (QED) is 0.632. The third kappa shape index (κ3) is 1.15. The topological polar surface area (TPSA) is 29.5 Å². The molecule has 0 saturated carbocycles. The van der Waals surface area contributed by atoms with Crippen LogP contribution in [-0.2, 0) is 4.74 Å². The molecule has 7 heteroatoms. The number of halogens is 5. The van der Waals surface area contributed by atoms with Crippen LogP contribution in [-0.4, -0.2) is 29.6 Å². The van der Waals surface area contributed by atoms with Gasteiger partial charge in [0.25, 0.3) is 0 Å². The molecule has 0 amide bonds. The molecular formula is C7H9F5O2. The lowest BCUT2D eigenvalue weighted by Crippen LogP contribution is -2.59. The fourth-order valence-corrected chi connectivity index (χ4v) is 1.18. The van der Waals surface area contributed by atoms with E-state index in [-0.39, 0.29) is 0 Å². The fraction of sp³-hybridized carbons (Fsp3) is 1.00. The summed E-state index contributed by atoms with van der Waals surface area (Å²) < 4.78 is 66.5. The number of alkyl halides is 5. The third-order valence-electron chi connectivity index (χ3n) is 2.30. The van der Waals surface area contributed by atoms with Crippen molar-refractivity contribution in [2.45, 2.75) is 31.7 Å². The lowest BCUT2D eigenvalue weighted by atomic mass is 9.84. The van der Waals surface area contributed by atoms with E-state index in [0.29, 0.717) is 0 Å². The summed E-state index contributed by atoms with van der Waals surface area (Å²) in [5.41, 5.74) is -2.04. The number of hydrogen-bond donors (Lipinski definition) is 1. The van der Waals surface area contributed by atoms with Crippen LogP contribution in [0.4, 0.5) is 22.0 Å². The molecule has 1 saturated heterocycles. The molecule has 0 bridgehead atoms. The van der Waals surface area contributed by atoms with Crippen molar-refractivity contribution in [3.8, 4) is 0 Å². The van der Waals surface area contributed by atoms with Gasteiger partial charge in [0.15, 0.2) is 0 Å². The van der Waals surface area contributed by atoms with Crippen LogP contribution >= 0.6 is 0 Å². The summed E-state index contributed by atoms with van der Waals surface area (Å²) in [6.07, 6.45) is -5.51. The molecule has 0 radical (unpaired) electrons. The van der Waals surface area contributed by atoms with Crippen LogP contribution in [0.2, 0.25) is 0 Å². The van der Waals surface area contributed by atoms with Crippen molar-refractivity contribution in [3.05, 3.63) is 0 Å². The molecule has 1 rings (SSSR count). The van der Waals surface area contributed by atoms with E-state index >= 15 is 0 Å². The van der Waals surface area contributed by atoms with Crippen LogP contribution < -0.4 is 0 Å². The Kier molecular flexibility index (Phi) is 2.14. The maximum atomic E-state index is 13.2. The first-order chi connectivity index (χ1) is 5.96. The molecule has 1 N–H and O–H groups in total. The Labute approximate surface area is 76.7 Å². The van der Waals surface area contributed by atoms with Crippen molar-refractivity contribution in [2.75, 3.05) is 6.61 Å². The molecule has 0 aromatic rings. The van der Waals surface area contributed by atoms with E-state index in [1.54, 1.807) is 0 Å². The van der Waals surface area contributed by atoms with E-state index in [4.69, 9.17) is 5.11 Å². The van der Waals surface area contributed by atoms with Gasteiger partial charge >= 0.3 is 17.9 Å². The van der Waals surface area contributed by atoms with Crippen molar-refractivity contribution in [1.82, 2.24) is 0 Å². The highest BCUT2D eigenvalue weighted by molar-refractivity contribution is 5.05. The summed E-state index contributed by atoms with van der Waals surface area (Å²) in [6, 6.07) is 0. The van der Waals surface area contributed by atoms with Gasteiger partial charge in [-0.25, -0.2) is 0 Å². The number of aliphatic hydroxyl groups is 1. The van der Waals surface area contributed by atoms with Gasteiger partial charge < -0.3 is 9.84 Å². The Bertz CT molecular complexity index is 247. The minimum absolute atomic E-state index is 0.851. The van der Waals surface area contributed by atoms with E-state index in [9.17, 15) is 22.0 Å². The largest absolute Gasteiger partial charge is 0.449 e. The highest BCUT2D eigenvalue weighted by Gasteiger charge is 2.79. The predicted octanol–water partition coefficient (Wildman–Crippen LogP) is 1.93. The monoisotopic (exact) mass is 220 g/mol. The van der Waals surface area contributed by atoms with Crippen molar-refractivity contribution >= 4 is 0 Å². The molecular weight excluding hydrogens is 211 g/mol. The van der Waals surface area contributed by atoms with Gasteiger partial charge in [0.05, 0.1) is 12.0 Å². The highest BCUT2D eigenvalue weighted by atomic mass is 19.4. The number of ether oxygens (including phenoxy) is 1. The standard InChI is InChI=1S/C7H9F5O2/c1-4(2)3-14-6(13,5(4,8)9)7(10,11)12/h13H,3H2,1-2H3. The summed E-state index contributed by atoms with van der Waals surface area (Å²) >= 11 is 0. The Morgan fingerprint density at radius 1 is 1.21 bits per heavy atom. The predicted molar refractivity (Wildman–Crippen MR) is 35.7 cm³/mol. The molecule has 1 unspecified atom stereocenters. The normalized spacial score (nSPS) is 36.0. The van der Waals surface area contributed by atoms with Gasteiger partial charge in [-0.2, -0.15) is 22.0 Å². The Morgan fingerprint density at radius 2 is 1.64 bits per heavy atom. The molecule has 1 atom stereocenters. The van der Waals surface area contributed by atoms with Crippen LogP contribution in [0.25, 0.3) is 0 Å². The van der Waals surface area contributed by atoms with Gasteiger partial charge in [0.1, 0.15) is 0 Å². The minimum atomic E-state index is -5.51. The van der Waals surface area contributed by atoms with Gasteiger partial charge in [0, 0.05) is 0 Å². The van der Waals surface area contributed by atoms with E-state index in [1.165, 1.54) is 0 Å². The molecule has 84 valence electrons. The fourth-order valence-electron chi connectivity index (χ4n) is 1.18. The molecule has 1 aliphatic heterocycles. The lowest BCUT2D eigenvalue weighted by Gasteiger charge is -2.34. The third-order valence-corrected chi connectivity index (χ3v) is 2.30. The summed E-state index contributed by atoms with van der Waals surface area (Å²) in [5, 5.41) is 8.79. The SMILES string of the molecule is CC1(C)COC(O)(C(F)(F)F)C1(F)F. The summed E-state index contributed by atoms with van der Waals surface area (Å²) in [7, 11) is 0. The van der Waals surface area contributed by atoms with Crippen LogP contribution in [0.5, 0.6) is 0 Å². The molecule has 14 heavy (non-hydrogen) atoms. The molecule has 0 spiro atoms. The van der Waals surface area contributed by atoms with Gasteiger partial charge in [-0.05, 0) is 0 Å². The second-order valence-corrected chi connectivity index (χ2v) is 3.89. The smallest absolute Gasteiger partial charge is 0.354 e. The molecule has 1 heterocycles. The molecule has 0 aromatic heterocycles. The van der Waals surface area contributed by atoms with E-state index < -0.39 is 29.9 Å². The maximum absolute atomic E-state index is 13.2. The Hall–Kier alpha value is -0.430. The molecule has 1 fully saturated rings. The van der Waals surface area contributed by atoms with E-state index in [2.05, 4.69) is 4.74 Å². The van der Waals surface area contributed by atoms with Crippen LogP contribution in [0.3, 0.4) is 0 Å². The van der Waals surface area contributed by atoms with Crippen LogP contribution in [0.1, 0.15) is 13.8 Å². The second-order valence-electron chi connectivity index (χ2n) is 3.89. The van der Waals surface area contributed by atoms with Gasteiger partial charge in [-0.15, -0.1) is 0 Å². The summed E-state index contributed by atoms with van der Waals surface area (Å²) in [4.78, 5) is 0. The lowest BCUT2D eigenvalue weighted by molar-refractivity contribution is -0.407. The number of hydrogen-bond acceptors (Lipinski definition) is 2. The zero-order valence-electron chi connectivity index (χ0n) is 7.45. The van der Waals surface area contributed by atoms with Crippen LogP contribution in [0.15, 0.2) is 0 Å². The first kappa shape index (κ1) is 11.6. The Balaban J connectivity index is 3.18. The molecule has 0 aromatic carbocycles. The minimum Gasteiger partial charge on any atom is -0.354 e. The summed E-state index contributed by atoms with van der Waals surface area (Å²) in [5.74, 6) is -8.73. The van der Waals surface area contributed by atoms with Crippen molar-refractivity contribution in [2.24, 2.45) is 5.41 Å². The van der Waals surface area contributed by atoms with Gasteiger partial charge in [-0.3, -0.25) is 0 Å². The van der Waals surface area contributed by atoms with Gasteiger partial charge in [0.2, 0.25) is 0 Å². The number of rotatable bonds is 0. The average molecular weight is 220 g/mol. The highest BCUT2D eigenvalue weighted by Crippen LogP contribution is 2.56. The van der Waals surface area contributed by atoms with Crippen molar-refractivity contribution in [1.29, 1.82) is 0 Å². The molecule has 2 nitrogen and oxygen atoms in total. The molecule has 0 aliphatic carbocycles. The van der Waals surface area contributed by atoms with Crippen LogP contribution in [0, 0.1) is 5.41 Å². The first-order valence-corrected chi connectivity index (χ1v) is 3.76. The maximum Gasteiger partial charge on any atom is 0.449 e. The van der Waals surface area contributed by atoms with Crippen molar-refractivity contribution in [3.63, 3.8) is 0 Å². The summed E-state index contributed by atoms with van der Waals surface area (Å²) in [6.45, 7) is 0.948. The zero-order valence-corrected chi connectivity index (χ0v) is 7.45. The average Bonchev–Trinajstić information content (AvgIpc) is 2.10. The van der Waals surface area contributed by atoms with E-state index in [0.717, 1.165) is 13.8 Å². The van der Waals surface area contributed by atoms with E-state index in [1.807, 2.05) is 0 Å².